The number of ether oxygens (including phenoxy) is 6. The van der Waals surface area contributed by atoms with Crippen LogP contribution in [0.5, 0.6) is 23.0 Å². The predicted octanol–water partition coefficient (Wildman–Crippen LogP) is 7.56. The van der Waals surface area contributed by atoms with Crippen molar-refractivity contribution in [2.75, 3.05) is 93.1 Å². The Morgan fingerprint density at radius 3 is 1.34 bits per heavy atom. The van der Waals surface area contributed by atoms with Crippen LogP contribution in [0.25, 0.3) is 22.5 Å². The Hall–Kier alpha value is -5.68. The maximum absolute atomic E-state index is 12.7. The lowest BCUT2D eigenvalue weighted by Gasteiger charge is -2.40. The van der Waals surface area contributed by atoms with Gasteiger partial charge in [-0.25, -0.2) is 9.59 Å². The highest BCUT2D eigenvalue weighted by Crippen LogP contribution is 2.61. The molecule has 4 aliphatic heterocycles. The maximum Gasteiger partial charge on any atom is 0.341 e. The molecule has 16 heteroatoms. The van der Waals surface area contributed by atoms with Gasteiger partial charge in [0.2, 0.25) is 0 Å². The second-order valence-electron chi connectivity index (χ2n) is 20.9. The summed E-state index contributed by atoms with van der Waals surface area (Å²) in [6, 6.07) is 11.1. The van der Waals surface area contributed by atoms with Crippen LogP contribution in [0.15, 0.2) is 58.4 Å². The van der Waals surface area contributed by atoms with Gasteiger partial charge >= 0.3 is 11.9 Å². The third-order valence-corrected chi connectivity index (χ3v) is 15.8. The second-order valence-corrected chi connectivity index (χ2v) is 20.9. The first-order valence-corrected chi connectivity index (χ1v) is 24.9. The highest BCUT2D eigenvalue weighted by atomic mass is 16.5. The van der Waals surface area contributed by atoms with Crippen molar-refractivity contribution >= 4 is 11.9 Å². The van der Waals surface area contributed by atoms with Crippen LogP contribution < -0.4 is 29.8 Å². The fraction of sp³-hybridized carbons (Fsp3) is 0.556. The van der Waals surface area contributed by atoms with Crippen molar-refractivity contribution in [3.05, 3.63) is 91.5 Å². The van der Waals surface area contributed by atoms with Crippen molar-refractivity contribution in [1.82, 2.24) is 18.9 Å². The number of carboxylic acids is 2. The van der Waals surface area contributed by atoms with Crippen LogP contribution in [-0.4, -0.2) is 134 Å². The average Bonchev–Trinajstić information content (AvgIpc) is 3.85. The van der Waals surface area contributed by atoms with E-state index in [0.717, 1.165) is 149 Å². The summed E-state index contributed by atoms with van der Waals surface area (Å²) < 4.78 is 38.7. The fourth-order valence-corrected chi connectivity index (χ4v) is 12.2. The number of aromatic nitrogens is 2. The molecule has 10 rings (SSSR count). The molecule has 2 aliphatic carbocycles. The van der Waals surface area contributed by atoms with Crippen LogP contribution in [0.2, 0.25) is 0 Å². The van der Waals surface area contributed by atoms with Gasteiger partial charge in [0.15, 0.2) is 33.9 Å². The Kier molecular flexibility index (Phi) is 14.2. The van der Waals surface area contributed by atoms with Gasteiger partial charge in [0.05, 0.1) is 65.2 Å². The van der Waals surface area contributed by atoms with Crippen molar-refractivity contribution in [3.63, 3.8) is 0 Å². The number of nitrogens with zero attached hydrogens (tertiary/aromatic N) is 4. The molecule has 70 heavy (non-hydrogen) atoms. The molecule has 6 aliphatic rings. The first kappa shape index (κ1) is 49.3. The topological polar surface area (TPSA) is 180 Å². The third-order valence-electron chi connectivity index (χ3n) is 15.8. The summed E-state index contributed by atoms with van der Waals surface area (Å²) >= 11 is 0. The molecule has 2 saturated heterocycles. The van der Waals surface area contributed by atoms with Gasteiger partial charge in [-0.1, -0.05) is 27.7 Å². The first-order chi connectivity index (χ1) is 33.6. The number of aromatic carboxylic acids is 2. The summed E-state index contributed by atoms with van der Waals surface area (Å²) in [6.45, 7) is 19.0. The summed E-state index contributed by atoms with van der Waals surface area (Å²) in [6.07, 6.45) is 8.90. The zero-order chi connectivity index (χ0) is 49.5. The van der Waals surface area contributed by atoms with E-state index in [1.807, 2.05) is 21.3 Å². The van der Waals surface area contributed by atoms with Crippen LogP contribution in [-0.2, 0) is 9.47 Å². The largest absolute Gasteiger partial charge is 0.493 e. The highest BCUT2D eigenvalue weighted by Gasteiger charge is 2.49. The van der Waals surface area contributed by atoms with E-state index in [4.69, 9.17) is 28.4 Å². The summed E-state index contributed by atoms with van der Waals surface area (Å²) in [5.74, 6) is 0.698. The number of benzene rings is 2. The number of morpholine rings is 2. The van der Waals surface area contributed by atoms with E-state index in [1.54, 1.807) is 14.2 Å². The number of carbonyl (C=O) groups is 2. The Morgan fingerprint density at radius 2 is 0.986 bits per heavy atom. The monoisotopic (exact) mass is 964 g/mol. The number of carboxylic acid groups (broad SMARTS) is 2. The maximum atomic E-state index is 12.7. The van der Waals surface area contributed by atoms with Crippen LogP contribution in [0.1, 0.15) is 122 Å². The number of hydrogen-bond donors (Lipinski definition) is 2. The van der Waals surface area contributed by atoms with Gasteiger partial charge in [0.1, 0.15) is 11.1 Å². The molecule has 0 unspecified atom stereocenters. The fourth-order valence-electron chi connectivity index (χ4n) is 12.2. The molecule has 2 aromatic carbocycles. The van der Waals surface area contributed by atoms with Gasteiger partial charge in [0, 0.05) is 98.8 Å². The van der Waals surface area contributed by atoms with Crippen LogP contribution in [0, 0.1) is 10.8 Å². The molecule has 4 atom stereocenters. The average molecular weight is 965 g/mol. The lowest BCUT2D eigenvalue weighted by Crippen LogP contribution is -2.37. The number of fused-ring (bicyclic) bond motifs is 12. The van der Waals surface area contributed by atoms with E-state index in [-0.39, 0.29) is 45.9 Å². The lowest BCUT2D eigenvalue weighted by molar-refractivity contribution is 0.0357. The minimum atomic E-state index is -1.19. The van der Waals surface area contributed by atoms with E-state index in [2.05, 4.69) is 49.6 Å². The first-order valence-electron chi connectivity index (χ1n) is 24.9. The Bertz CT molecular complexity index is 2550. The van der Waals surface area contributed by atoms with E-state index in [1.165, 1.54) is 24.5 Å². The molecule has 6 heterocycles. The second kappa shape index (κ2) is 20.2. The molecule has 16 nitrogen and oxygen atoms in total. The Balaban J connectivity index is 0.000000174. The number of methoxy groups -OCH3 is 2. The van der Waals surface area contributed by atoms with E-state index in [9.17, 15) is 29.4 Å². The molecule has 0 amide bonds. The zero-order valence-corrected chi connectivity index (χ0v) is 41.4. The standard InChI is InChI=1S/2C27H34N2O6/c2*1-27(2)6-5-17-18-13-24(35-10-4-7-28-8-11-34-12-9-28)23(33-3)14-19(18)21-15-22(30)20(26(31)32)16-29(21)25(17)27/h2*13-17,25H,4-12H2,1-3H3,(H,31,32)/t2*17-,25+/m10/s1. The van der Waals surface area contributed by atoms with Crippen molar-refractivity contribution in [2.24, 2.45) is 10.8 Å². The lowest BCUT2D eigenvalue weighted by atomic mass is 9.77. The molecule has 0 spiro atoms. The molecule has 2 N–H and O–H groups in total. The molecule has 2 saturated carbocycles. The molecule has 4 aromatic rings. The molecular weight excluding hydrogens is 897 g/mol. The number of hydrogen-bond acceptors (Lipinski definition) is 12. The predicted molar refractivity (Wildman–Crippen MR) is 264 cm³/mol. The molecule has 0 bridgehead atoms. The van der Waals surface area contributed by atoms with Crippen molar-refractivity contribution in [3.8, 4) is 45.5 Å². The van der Waals surface area contributed by atoms with Crippen LogP contribution in [0.3, 0.4) is 0 Å². The Morgan fingerprint density at radius 1 is 0.600 bits per heavy atom. The third kappa shape index (κ3) is 9.59. The molecule has 376 valence electrons. The van der Waals surface area contributed by atoms with Crippen molar-refractivity contribution in [1.29, 1.82) is 0 Å². The minimum absolute atomic E-state index is 0.0406. The molecular formula is C54H68N4O12. The van der Waals surface area contributed by atoms with Crippen molar-refractivity contribution < 1.29 is 48.2 Å². The summed E-state index contributed by atoms with van der Waals surface area (Å²) in [5, 5.41) is 19.2. The minimum Gasteiger partial charge on any atom is -0.493 e. The number of pyridine rings is 2. The summed E-state index contributed by atoms with van der Waals surface area (Å²) in [5.41, 5.74) is 4.17. The summed E-state index contributed by atoms with van der Waals surface area (Å²) in [4.78, 5) is 53.5. The van der Waals surface area contributed by atoms with Gasteiger partial charge in [-0.2, -0.15) is 0 Å². The van der Waals surface area contributed by atoms with Crippen LogP contribution in [0.4, 0.5) is 0 Å². The SMILES string of the molecule is COc1cc2c(cc1OCCCN1CCOCC1)[C@@H]1CCC(C)(C)[C@@H]1n1cc(C(=O)O)c(=O)cc1-2.COc1cc2c(cc1OCCCN1CCOCC1)[C@H]1CCC(C)(C)[C@H]1n1cc(C(=O)O)c(=O)cc1-2. The van der Waals surface area contributed by atoms with E-state index >= 15 is 0 Å². The van der Waals surface area contributed by atoms with E-state index < -0.39 is 22.8 Å². The van der Waals surface area contributed by atoms with Crippen molar-refractivity contribution in [2.45, 2.75) is 90.1 Å². The molecule has 2 aromatic heterocycles. The Labute approximate surface area is 409 Å². The van der Waals surface area contributed by atoms with Gasteiger partial charge < -0.3 is 47.8 Å². The molecule has 4 fully saturated rings. The summed E-state index contributed by atoms with van der Waals surface area (Å²) in [7, 11) is 3.24. The normalized spacial score (nSPS) is 22.7. The zero-order valence-electron chi connectivity index (χ0n) is 41.4. The van der Waals surface area contributed by atoms with Gasteiger partial charge in [-0.3, -0.25) is 19.4 Å². The molecule has 0 radical (unpaired) electrons. The van der Waals surface area contributed by atoms with Gasteiger partial charge in [-0.05, 0) is 84.7 Å². The van der Waals surface area contributed by atoms with E-state index in [0.29, 0.717) is 24.7 Å². The quantitative estimate of drug-likeness (QED) is 0.118. The van der Waals surface area contributed by atoms with Crippen LogP contribution >= 0.6 is 0 Å². The number of rotatable bonds is 14. The highest BCUT2D eigenvalue weighted by molar-refractivity contribution is 5.88. The smallest absolute Gasteiger partial charge is 0.341 e. The van der Waals surface area contributed by atoms with Gasteiger partial charge in [-0.15, -0.1) is 0 Å². The van der Waals surface area contributed by atoms with Gasteiger partial charge in [0.25, 0.3) is 0 Å².